The fourth-order valence-electron chi connectivity index (χ4n) is 1.81. The first-order chi connectivity index (χ1) is 11.0. The standard InChI is InChI=1S/C16H10FN3O3/c17-13-5-7-14(8-6-13)19-16(21)12(10-18)9-11-3-1-2-4-15(11)20(22)23/h1-9H,(H,19,21). The molecule has 0 fully saturated rings. The van der Waals surface area contributed by atoms with Crippen LogP contribution in [0, 0.1) is 27.3 Å². The minimum atomic E-state index is -0.739. The molecule has 0 spiro atoms. The molecule has 0 unspecified atom stereocenters. The molecule has 0 heterocycles. The van der Waals surface area contributed by atoms with E-state index in [1.54, 1.807) is 12.1 Å². The SMILES string of the molecule is N#CC(=Cc1ccccc1[N+](=O)[O-])C(=O)Nc1ccc(F)cc1. The quantitative estimate of drug-likeness (QED) is 0.405. The van der Waals surface area contributed by atoms with Crippen LogP contribution in [0.5, 0.6) is 0 Å². The molecule has 0 aliphatic heterocycles. The third kappa shape index (κ3) is 3.98. The summed E-state index contributed by atoms with van der Waals surface area (Å²) in [5.74, 6) is -1.20. The van der Waals surface area contributed by atoms with Crippen LogP contribution in [0.2, 0.25) is 0 Å². The summed E-state index contributed by atoms with van der Waals surface area (Å²) in [5, 5.41) is 22.5. The zero-order chi connectivity index (χ0) is 16.8. The van der Waals surface area contributed by atoms with Crippen LogP contribution in [0.25, 0.3) is 6.08 Å². The van der Waals surface area contributed by atoms with Crippen molar-refractivity contribution in [1.29, 1.82) is 5.26 Å². The predicted octanol–water partition coefficient (Wildman–Crippen LogP) is 3.28. The maximum absolute atomic E-state index is 12.8. The molecule has 1 amide bonds. The Hall–Kier alpha value is -3.53. The number of carbonyl (C=O) groups is 1. The predicted molar refractivity (Wildman–Crippen MR) is 81.7 cm³/mol. The Morgan fingerprint density at radius 3 is 2.48 bits per heavy atom. The number of nitriles is 1. The Labute approximate surface area is 130 Å². The highest BCUT2D eigenvalue weighted by Crippen LogP contribution is 2.21. The van der Waals surface area contributed by atoms with Gasteiger partial charge in [0.2, 0.25) is 0 Å². The highest BCUT2D eigenvalue weighted by molar-refractivity contribution is 6.09. The number of nitro benzene ring substituents is 1. The highest BCUT2D eigenvalue weighted by Gasteiger charge is 2.15. The van der Waals surface area contributed by atoms with E-state index in [4.69, 9.17) is 5.26 Å². The zero-order valence-electron chi connectivity index (χ0n) is 11.7. The summed E-state index contributed by atoms with van der Waals surface area (Å²) in [6.45, 7) is 0. The summed E-state index contributed by atoms with van der Waals surface area (Å²) in [5.41, 5.74) is -0.0677. The molecule has 2 aromatic rings. The lowest BCUT2D eigenvalue weighted by atomic mass is 10.1. The van der Waals surface area contributed by atoms with Crippen molar-refractivity contribution in [2.24, 2.45) is 0 Å². The van der Waals surface area contributed by atoms with Crippen molar-refractivity contribution in [2.45, 2.75) is 0 Å². The van der Waals surface area contributed by atoms with E-state index in [9.17, 15) is 19.3 Å². The maximum Gasteiger partial charge on any atom is 0.276 e. The largest absolute Gasteiger partial charge is 0.321 e. The van der Waals surface area contributed by atoms with Crippen molar-refractivity contribution in [3.05, 3.63) is 75.6 Å². The number of anilines is 1. The number of nitro groups is 1. The number of nitrogens with one attached hydrogen (secondary N) is 1. The average Bonchev–Trinajstić information content (AvgIpc) is 2.54. The molecule has 0 radical (unpaired) electrons. The van der Waals surface area contributed by atoms with Gasteiger partial charge in [-0.2, -0.15) is 5.26 Å². The van der Waals surface area contributed by atoms with Gasteiger partial charge in [-0.05, 0) is 36.4 Å². The Kier molecular flexibility index (Phi) is 4.79. The second kappa shape index (κ2) is 6.95. The number of nitrogens with zero attached hydrogens (tertiary/aromatic N) is 2. The van der Waals surface area contributed by atoms with Crippen LogP contribution in [-0.4, -0.2) is 10.8 Å². The summed E-state index contributed by atoms with van der Waals surface area (Å²) >= 11 is 0. The summed E-state index contributed by atoms with van der Waals surface area (Å²) < 4.78 is 12.8. The number of carbonyl (C=O) groups excluding carboxylic acids is 1. The van der Waals surface area contributed by atoms with E-state index in [0.717, 1.165) is 18.2 Å². The lowest BCUT2D eigenvalue weighted by molar-refractivity contribution is -0.385. The van der Waals surface area contributed by atoms with Crippen molar-refractivity contribution < 1.29 is 14.1 Å². The lowest BCUT2D eigenvalue weighted by Crippen LogP contribution is -2.13. The Bertz CT molecular complexity index is 823. The average molecular weight is 311 g/mol. The molecule has 0 aliphatic carbocycles. The molecule has 0 saturated heterocycles. The minimum absolute atomic E-state index is 0.142. The van der Waals surface area contributed by atoms with Gasteiger partial charge >= 0.3 is 0 Å². The van der Waals surface area contributed by atoms with Gasteiger partial charge in [0, 0.05) is 11.8 Å². The highest BCUT2D eigenvalue weighted by atomic mass is 19.1. The first-order valence-electron chi connectivity index (χ1n) is 6.43. The fraction of sp³-hybridized carbons (Fsp3) is 0. The third-order valence-electron chi connectivity index (χ3n) is 2.90. The smallest absolute Gasteiger partial charge is 0.276 e. The molecule has 0 saturated carbocycles. The number of benzene rings is 2. The van der Waals surface area contributed by atoms with Crippen LogP contribution >= 0.6 is 0 Å². The van der Waals surface area contributed by atoms with Crippen LogP contribution in [0.4, 0.5) is 15.8 Å². The molecule has 7 heteroatoms. The van der Waals surface area contributed by atoms with E-state index >= 15 is 0 Å². The van der Waals surface area contributed by atoms with E-state index in [1.807, 2.05) is 0 Å². The Balaban J connectivity index is 2.29. The van der Waals surface area contributed by atoms with Crippen LogP contribution < -0.4 is 5.32 Å². The summed E-state index contributed by atoms with van der Waals surface area (Å²) in [6.07, 6.45) is 1.14. The molecule has 0 atom stereocenters. The summed E-state index contributed by atoms with van der Waals surface area (Å²) in [7, 11) is 0. The van der Waals surface area contributed by atoms with Gasteiger partial charge < -0.3 is 5.32 Å². The number of hydrogen-bond donors (Lipinski definition) is 1. The molecule has 1 N–H and O–H groups in total. The maximum atomic E-state index is 12.8. The number of para-hydroxylation sites is 1. The van der Waals surface area contributed by atoms with Gasteiger partial charge in [0.1, 0.15) is 17.5 Å². The van der Waals surface area contributed by atoms with Gasteiger partial charge in [0.15, 0.2) is 0 Å². The molecule has 0 aromatic heterocycles. The van der Waals surface area contributed by atoms with Crippen LogP contribution in [0.15, 0.2) is 54.1 Å². The number of amides is 1. The second-order valence-electron chi connectivity index (χ2n) is 4.45. The van der Waals surface area contributed by atoms with Gasteiger partial charge in [-0.3, -0.25) is 14.9 Å². The third-order valence-corrected chi connectivity index (χ3v) is 2.90. The van der Waals surface area contributed by atoms with E-state index in [1.165, 1.54) is 30.3 Å². The number of rotatable bonds is 4. The normalized spacial score (nSPS) is 10.7. The Morgan fingerprint density at radius 2 is 1.87 bits per heavy atom. The van der Waals surface area contributed by atoms with Crippen molar-refractivity contribution in [2.75, 3.05) is 5.32 Å². The van der Waals surface area contributed by atoms with Gasteiger partial charge in [-0.1, -0.05) is 12.1 Å². The molecule has 114 valence electrons. The van der Waals surface area contributed by atoms with Crippen molar-refractivity contribution >= 4 is 23.4 Å². The molecule has 2 aromatic carbocycles. The zero-order valence-corrected chi connectivity index (χ0v) is 11.7. The first-order valence-corrected chi connectivity index (χ1v) is 6.43. The molecule has 0 aliphatic rings. The molecule has 2 rings (SSSR count). The van der Waals surface area contributed by atoms with Crippen LogP contribution in [0.3, 0.4) is 0 Å². The molecular weight excluding hydrogens is 301 g/mol. The van der Waals surface area contributed by atoms with Gasteiger partial charge in [-0.15, -0.1) is 0 Å². The van der Waals surface area contributed by atoms with Gasteiger partial charge in [0.05, 0.1) is 10.5 Å². The van der Waals surface area contributed by atoms with Gasteiger partial charge in [0.25, 0.3) is 11.6 Å². The fourth-order valence-corrected chi connectivity index (χ4v) is 1.81. The minimum Gasteiger partial charge on any atom is -0.321 e. The summed E-state index contributed by atoms with van der Waals surface area (Å²) in [6, 6.07) is 12.5. The van der Waals surface area contributed by atoms with Crippen molar-refractivity contribution in [3.8, 4) is 6.07 Å². The van der Waals surface area contributed by atoms with Crippen LogP contribution in [0.1, 0.15) is 5.56 Å². The molecular formula is C16H10FN3O3. The van der Waals surface area contributed by atoms with Gasteiger partial charge in [-0.25, -0.2) is 4.39 Å². The second-order valence-corrected chi connectivity index (χ2v) is 4.45. The van der Waals surface area contributed by atoms with Crippen molar-refractivity contribution in [1.82, 2.24) is 0 Å². The van der Waals surface area contributed by atoms with Crippen LogP contribution in [-0.2, 0) is 4.79 Å². The number of hydrogen-bond acceptors (Lipinski definition) is 4. The van der Waals surface area contributed by atoms with E-state index in [2.05, 4.69) is 5.32 Å². The van der Waals surface area contributed by atoms with Crippen molar-refractivity contribution in [3.63, 3.8) is 0 Å². The van der Waals surface area contributed by atoms with E-state index in [0.29, 0.717) is 5.69 Å². The van der Waals surface area contributed by atoms with E-state index < -0.39 is 16.6 Å². The first kappa shape index (κ1) is 15.9. The van der Waals surface area contributed by atoms with E-state index in [-0.39, 0.29) is 16.8 Å². The molecule has 23 heavy (non-hydrogen) atoms. The molecule has 0 bridgehead atoms. The monoisotopic (exact) mass is 311 g/mol. The number of halogens is 1. The Morgan fingerprint density at radius 1 is 1.22 bits per heavy atom. The summed E-state index contributed by atoms with van der Waals surface area (Å²) in [4.78, 5) is 22.4. The molecule has 6 nitrogen and oxygen atoms in total. The lowest BCUT2D eigenvalue weighted by Gasteiger charge is -2.04. The topological polar surface area (TPSA) is 96.0 Å².